The highest BCUT2D eigenvalue weighted by Crippen LogP contribution is 2.52. The first-order valence-corrected chi connectivity index (χ1v) is 20.5. The van der Waals surface area contributed by atoms with Crippen LogP contribution in [0.3, 0.4) is 0 Å². The van der Waals surface area contributed by atoms with Crippen molar-refractivity contribution in [2.75, 3.05) is 13.1 Å². The van der Waals surface area contributed by atoms with E-state index >= 15 is 9.36 Å². The standard InChI is InChI=1S/C38H49N2O3PSi/c1-9-40(10-2)36(41)38(31-23-14-11-15-24-31,43-45(7,8)37(4,5)6)35(34-29-21-20-22-30(34)3)39-44(42,32-25-16-12-17-26-32)33-27-18-13-19-28-33/h11-29,35H,9-10H2,1-8H3,(H,39,42)/t35-,38-/m1/s1. The molecule has 4 aromatic carbocycles. The fourth-order valence-corrected chi connectivity index (χ4v) is 9.51. The van der Waals surface area contributed by atoms with Crippen LogP contribution >= 0.6 is 7.29 Å². The number of carbonyl (C=O) groups excluding carboxylic acids is 1. The lowest BCUT2D eigenvalue weighted by Crippen LogP contribution is -2.61. The first-order valence-electron chi connectivity index (χ1n) is 15.9. The van der Waals surface area contributed by atoms with E-state index in [9.17, 15) is 0 Å². The molecular formula is C38H49N2O3PSi. The lowest BCUT2D eigenvalue weighted by Gasteiger charge is -2.50. The quantitative estimate of drug-likeness (QED) is 0.125. The predicted molar refractivity (Wildman–Crippen MR) is 191 cm³/mol. The lowest BCUT2D eigenvalue weighted by atomic mass is 9.80. The summed E-state index contributed by atoms with van der Waals surface area (Å²) in [4.78, 5) is 17.3. The average Bonchev–Trinajstić information content (AvgIpc) is 3.04. The van der Waals surface area contributed by atoms with E-state index in [1.807, 2.05) is 141 Å². The number of aryl methyl sites for hydroxylation is 1. The summed E-state index contributed by atoms with van der Waals surface area (Å²) in [6, 6.07) is 36.2. The van der Waals surface area contributed by atoms with Crippen LogP contribution in [0.4, 0.5) is 0 Å². The summed E-state index contributed by atoms with van der Waals surface area (Å²) in [7, 11) is -6.24. The molecule has 2 atom stereocenters. The maximum atomic E-state index is 15.8. The Morgan fingerprint density at radius 2 is 1.22 bits per heavy atom. The Labute approximate surface area is 271 Å². The number of nitrogens with one attached hydrogen (secondary N) is 1. The van der Waals surface area contributed by atoms with Crippen molar-refractivity contribution in [3.8, 4) is 0 Å². The van der Waals surface area contributed by atoms with Gasteiger partial charge in [-0.15, -0.1) is 0 Å². The molecule has 4 aromatic rings. The molecule has 1 amide bonds. The molecule has 0 radical (unpaired) electrons. The molecule has 0 spiro atoms. The second kappa shape index (κ2) is 14.0. The van der Waals surface area contributed by atoms with Gasteiger partial charge in [-0.1, -0.05) is 112 Å². The Kier molecular flexibility index (Phi) is 10.8. The molecule has 0 unspecified atom stereocenters. The minimum Gasteiger partial charge on any atom is -0.398 e. The molecule has 5 nitrogen and oxygen atoms in total. The Bertz CT molecular complexity index is 1560. The molecule has 0 aliphatic rings. The first kappa shape index (κ1) is 34.6. The van der Waals surface area contributed by atoms with Crippen LogP contribution in [-0.4, -0.2) is 32.2 Å². The molecule has 0 bridgehead atoms. The van der Waals surface area contributed by atoms with Crippen LogP contribution in [0.25, 0.3) is 0 Å². The zero-order chi connectivity index (χ0) is 32.9. The molecular weight excluding hydrogens is 591 g/mol. The number of rotatable bonds is 12. The van der Waals surface area contributed by atoms with Crippen LogP contribution in [0.2, 0.25) is 18.1 Å². The molecule has 0 aromatic heterocycles. The fourth-order valence-electron chi connectivity index (χ4n) is 5.61. The number of hydrogen-bond donors (Lipinski definition) is 1. The third-order valence-corrected chi connectivity index (χ3v) is 16.4. The summed E-state index contributed by atoms with van der Waals surface area (Å²) < 4.78 is 23.4. The first-order chi connectivity index (χ1) is 21.3. The van der Waals surface area contributed by atoms with Gasteiger partial charge in [0.15, 0.2) is 13.9 Å². The van der Waals surface area contributed by atoms with Crippen LogP contribution in [0, 0.1) is 6.92 Å². The van der Waals surface area contributed by atoms with Gasteiger partial charge in [0, 0.05) is 23.7 Å². The van der Waals surface area contributed by atoms with Crippen molar-refractivity contribution in [2.45, 2.75) is 71.3 Å². The van der Waals surface area contributed by atoms with E-state index in [-0.39, 0.29) is 10.9 Å². The number of carbonyl (C=O) groups is 1. The van der Waals surface area contributed by atoms with Gasteiger partial charge in [0.2, 0.25) is 7.29 Å². The fraction of sp³-hybridized carbons (Fsp3) is 0.342. The van der Waals surface area contributed by atoms with Gasteiger partial charge in [-0.3, -0.25) is 9.36 Å². The summed E-state index contributed by atoms with van der Waals surface area (Å²) in [5, 5.41) is 4.84. The Morgan fingerprint density at radius 1 is 0.778 bits per heavy atom. The van der Waals surface area contributed by atoms with Crippen LogP contribution in [-0.2, 0) is 19.4 Å². The van der Waals surface area contributed by atoms with E-state index in [1.165, 1.54) is 0 Å². The van der Waals surface area contributed by atoms with Gasteiger partial charge in [0.25, 0.3) is 5.91 Å². The number of likely N-dealkylation sites (N-methyl/N-ethyl adjacent to an activating group) is 1. The molecule has 0 aliphatic heterocycles. The molecule has 0 fully saturated rings. The summed E-state index contributed by atoms with van der Waals surface area (Å²) >= 11 is 0. The van der Waals surface area contributed by atoms with Crippen LogP contribution in [0.15, 0.2) is 115 Å². The topological polar surface area (TPSA) is 58.6 Å². The maximum Gasteiger partial charge on any atom is 0.260 e. The van der Waals surface area contributed by atoms with E-state index in [4.69, 9.17) is 4.43 Å². The largest absolute Gasteiger partial charge is 0.398 e. The van der Waals surface area contributed by atoms with E-state index < -0.39 is 27.3 Å². The molecule has 0 saturated heterocycles. The van der Waals surface area contributed by atoms with Gasteiger partial charge < -0.3 is 9.33 Å². The molecule has 45 heavy (non-hydrogen) atoms. The summed E-state index contributed by atoms with van der Waals surface area (Å²) in [5.74, 6) is -0.142. The summed E-state index contributed by atoms with van der Waals surface area (Å²) in [5.41, 5.74) is 1.05. The summed E-state index contributed by atoms with van der Waals surface area (Å²) in [6.07, 6.45) is 0. The third-order valence-electron chi connectivity index (χ3n) is 9.25. The van der Waals surface area contributed by atoms with Gasteiger partial charge in [-0.2, -0.15) is 0 Å². The maximum absolute atomic E-state index is 15.8. The molecule has 1 N–H and O–H groups in total. The van der Waals surface area contributed by atoms with Gasteiger partial charge >= 0.3 is 0 Å². The SMILES string of the molecule is CCN(CC)C(=O)[C@@](O[Si](C)(C)C(C)(C)C)(c1ccccc1)[C@H](NP(=O)(c1ccccc1)c1ccccc1)c1ccccc1C. The number of benzene rings is 4. The van der Waals surface area contributed by atoms with Crippen molar-refractivity contribution < 1.29 is 13.8 Å². The molecule has 4 rings (SSSR count). The minimum absolute atomic E-state index is 0.142. The Morgan fingerprint density at radius 3 is 1.67 bits per heavy atom. The molecule has 0 saturated carbocycles. The van der Waals surface area contributed by atoms with Crippen molar-refractivity contribution in [1.29, 1.82) is 0 Å². The van der Waals surface area contributed by atoms with E-state index in [0.29, 0.717) is 23.7 Å². The monoisotopic (exact) mass is 640 g/mol. The lowest BCUT2D eigenvalue weighted by molar-refractivity contribution is -0.153. The van der Waals surface area contributed by atoms with Crippen molar-refractivity contribution in [3.05, 3.63) is 132 Å². The van der Waals surface area contributed by atoms with E-state index in [0.717, 1.165) is 16.7 Å². The van der Waals surface area contributed by atoms with Crippen molar-refractivity contribution >= 4 is 32.1 Å². The molecule has 7 heteroatoms. The minimum atomic E-state index is -3.56. The highest BCUT2D eigenvalue weighted by Gasteiger charge is 2.57. The molecule has 238 valence electrons. The van der Waals surface area contributed by atoms with Crippen molar-refractivity contribution in [1.82, 2.24) is 9.99 Å². The zero-order valence-electron chi connectivity index (χ0n) is 28.1. The third kappa shape index (κ3) is 6.95. The van der Waals surface area contributed by atoms with Gasteiger partial charge in [0.05, 0.1) is 6.04 Å². The van der Waals surface area contributed by atoms with Gasteiger partial charge in [0.1, 0.15) is 0 Å². The number of amides is 1. The second-order valence-corrected chi connectivity index (χ2v) is 20.4. The highest BCUT2D eigenvalue weighted by atomic mass is 31.2. The van der Waals surface area contributed by atoms with Gasteiger partial charge in [-0.05, 0) is 79.9 Å². The van der Waals surface area contributed by atoms with E-state index in [2.05, 4.69) is 39.0 Å². The molecule has 0 aliphatic carbocycles. The normalized spacial score (nSPS) is 14.4. The van der Waals surface area contributed by atoms with E-state index in [1.54, 1.807) is 0 Å². The predicted octanol–water partition coefficient (Wildman–Crippen LogP) is 8.34. The number of hydrogen-bond acceptors (Lipinski definition) is 3. The van der Waals surface area contributed by atoms with Gasteiger partial charge in [-0.25, -0.2) is 5.09 Å². The Hall–Kier alpha value is -3.28. The van der Waals surface area contributed by atoms with Crippen LogP contribution < -0.4 is 15.7 Å². The van der Waals surface area contributed by atoms with Crippen LogP contribution in [0.1, 0.15) is 57.4 Å². The van der Waals surface area contributed by atoms with Crippen molar-refractivity contribution in [3.63, 3.8) is 0 Å². The zero-order valence-corrected chi connectivity index (χ0v) is 30.0. The van der Waals surface area contributed by atoms with Crippen LogP contribution in [0.5, 0.6) is 0 Å². The second-order valence-electron chi connectivity index (χ2n) is 13.1. The smallest absolute Gasteiger partial charge is 0.260 e. The average molecular weight is 641 g/mol. The summed E-state index contributed by atoms with van der Waals surface area (Å²) in [6.45, 7) is 18.0. The number of nitrogens with zero attached hydrogens (tertiary/aromatic N) is 1. The molecule has 0 heterocycles. The highest BCUT2D eigenvalue weighted by molar-refractivity contribution is 7.76. The Balaban J connectivity index is 2.17. The van der Waals surface area contributed by atoms with Crippen molar-refractivity contribution in [2.24, 2.45) is 0 Å².